The standard InChI is InChI=1S/C19H26N4OS.HI/c1-19(2,3)16-12-25-17(23-16)8-10-21-18(20)22-14-9-11-24-15-7-5-4-6-13(14)15;/h4-7,12,14H,8-11H2,1-3H3,(H3,20,21,22);1H. The highest BCUT2D eigenvalue weighted by molar-refractivity contribution is 14.0. The van der Waals surface area contributed by atoms with E-state index in [2.05, 4.69) is 42.5 Å². The van der Waals surface area contributed by atoms with Crippen LogP contribution in [-0.4, -0.2) is 24.1 Å². The van der Waals surface area contributed by atoms with Gasteiger partial charge in [-0.25, -0.2) is 4.98 Å². The third-order valence-electron chi connectivity index (χ3n) is 4.21. The number of halogens is 1. The quantitative estimate of drug-likeness (QED) is 0.389. The Balaban J connectivity index is 0.00000243. The molecule has 142 valence electrons. The number of aromatic nitrogens is 1. The maximum atomic E-state index is 6.08. The number of nitrogens with one attached hydrogen (secondary N) is 1. The van der Waals surface area contributed by atoms with Gasteiger partial charge in [-0.1, -0.05) is 39.0 Å². The van der Waals surface area contributed by atoms with Gasteiger partial charge in [0.2, 0.25) is 0 Å². The molecule has 7 heteroatoms. The number of fused-ring (bicyclic) bond motifs is 1. The summed E-state index contributed by atoms with van der Waals surface area (Å²) in [6.45, 7) is 7.87. The zero-order chi connectivity index (χ0) is 17.9. The van der Waals surface area contributed by atoms with E-state index in [1.165, 1.54) is 0 Å². The summed E-state index contributed by atoms with van der Waals surface area (Å²) in [6.07, 6.45) is 1.70. The zero-order valence-electron chi connectivity index (χ0n) is 15.5. The van der Waals surface area contributed by atoms with Gasteiger partial charge in [-0.3, -0.25) is 4.99 Å². The lowest BCUT2D eigenvalue weighted by atomic mass is 9.93. The fourth-order valence-corrected chi connectivity index (χ4v) is 3.77. The first kappa shape index (κ1) is 21.0. The van der Waals surface area contributed by atoms with Gasteiger partial charge >= 0.3 is 0 Å². The van der Waals surface area contributed by atoms with Crippen molar-refractivity contribution < 1.29 is 4.74 Å². The van der Waals surface area contributed by atoms with Crippen molar-refractivity contribution in [2.24, 2.45) is 10.7 Å². The minimum atomic E-state index is 0. The highest BCUT2D eigenvalue weighted by Crippen LogP contribution is 2.31. The molecule has 1 unspecified atom stereocenters. The van der Waals surface area contributed by atoms with Gasteiger partial charge in [0.05, 0.1) is 23.4 Å². The van der Waals surface area contributed by atoms with Crippen molar-refractivity contribution in [3.63, 3.8) is 0 Å². The van der Waals surface area contributed by atoms with E-state index < -0.39 is 0 Å². The second kappa shape index (κ2) is 9.03. The van der Waals surface area contributed by atoms with Crippen LogP contribution in [0.5, 0.6) is 5.75 Å². The minimum absolute atomic E-state index is 0. The summed E-state index contributed by atoms with van der Waals surface area (Å²) >= 11 is 1.70. The first-order valence-corrected chi connectivity index (χ1v) is 9.54. The van der Waals surface area contributed by atoms with Crippen LogP contribution in [0.1, 0.15) is 49.5 Å². The lowest BCUT2D eigenvalue weighted by molar-refractivity contribution is 0.262. The van der Waals surface area contributed by atoms with Gasteiger partial charge in [-0.2, -0.15) is 0 Å². The van der Waals surface area contributed by atoms with E-state index >= 15 is 0 Å². The van der Waals surface area contributed by atoms with E-state index in [-0.39, 0.29) is 35.4 Å². The van der Waals surface area contributed by atoms with E-state index in [9.17, 15) is 0 Å². The predicted molar refractivity (Wildman–Crippen MR) is 119 cm³/mol. The van der Waals surface area contributed by atoms with Gasteiger partial charge in [0.15, 0.2) is 5.96 Å². The van der Waals surface area contributed by atoms with Gasteiger partial charge in [0.1, 0.15) is 5.75 Å². The highest BCUT2D eigenvalue weighted by Gasteiger charge is 2.21. The number of benzene rings is 1. The Bertz CT molecular complexity index is 754. The van der Waals surface area contributed by atoms with E-state index in [4.69, 9.17) is 15.5 Å². The van der Waals surface area contributed by atoms with Gasteiger partial charge in [-0.15, -0.1) is 35.3 Å². The minimum Gasteiger partial charge on any atom is -0.493 e. The third kappa shape index (κ3) is 5.33. The number of nitrogens with zero attached hydrogens (tertiary/aromatic N) is 2. The van der Waals surface area contributed by atoms with Gasteiger partial charge in [-0.05, 0) is 6.07 Å². The molecule has 0 radical (unpaired) electrons. The Labute approximate surface area is 176 Å². The van der Waals surface area contributed by atoms with Crippen molar-refractivity contribution in [1.29, 1.82) is 0 Å². The largest absolute Gasteiger partial charge is 0.493 e. The fraction of sp³-hybridized carbons (Fsp3) is 0.474. The first-order chi connectivity index (χ1) is 11.9. The molecule has 0 saturated carbocycles. The van der Waals surface area contributed by atoms with Crippen molar-refractivity contribution in [3.05, 3.63) is 45.9 Å². The van der Waals surface area contributed by atoms with Crippen molar-refractivity contribution in [1.82, 2.24) is 10.3 Å². The summed E-state index contributed by atoms with van der Waals surface area (Å²) in [4.78, 5) is 9.16. The molecule has 0 aliphatic carbocycles. The number of thiazole rings is 1. The Kier molecular flexibility index (Phi) is 7.28. The van der Waals surface area contributed by atoms with Crippen LogP contribution in [0, 0.1) is 0 Å². The number of nitrogens with two attached hydrogens (primary N) is 1. The normalized spacial score (nSPS) is 17.0. The molecular formula is C19H27IN4OS. The smallest absolute Gasteiger partial charge is 0.189 e. The van der Waals surface area contributed by atoms with Crippen LogP contribution in [0.25, 0.3) is 0 Å². The summed E-state index contributed by atoms with van der Waals surface area (Å²) in [5.41, 5.74) is 8.45. The monoisotopic (exact) mass is 486 g/mol. The van der Waals surface area contributed by atoms with E-state index in [1.807, 2.05) is 18.2 Å². The summed E-state index contributed by atoms with van der Waals surface area (Å²) in [5, 5.41) is 6.57. The van der Waals surface area contributed by atoms with Gasteiger partial charge in [0.25, 0.3) is 0 Å². The van der Waals surface area contributed by atoms with E-state index in [1.54, 1.807) is 11.3 Å². The molecule has 1 aliphatic heterocycles. The second-order valence-corrected chi connectivity index (χ2v) is 8.21. The lowest BCUT2D eigenvalue weighted by Crippen LogP contribution is -2.37. The van der Waals surface area contributed by atoms with Crippen LogP contribution in [0.2, 0.25) is 0 Å². The Hall–Kier alpha value is -1.35. The molecule has 26 heavy (non-hydrogen) atoms. The Morgan fingerprint density at radius 2 is 2.15 bits per heavy atom. The third-order valence-corrected chi connectivity index (χ3v) is 5.12. The predicted octanol–water partition coefficient (Wildman–Crippen LogP) is 4.03. The highest BCUT2D eigenvalue weighted by atomic mass is 127. The Morgan fingerprint density at radius 1 is 1.38 bits per heavy atom. The van der Waals surface area contributed by atoms with Crippen molar-refractivity contribution in [2.45, 2.75) is 45.1 Å². The second-order valence-electron chi connectivity index (χ2n) is 7.27. The molecule has 1 atom stereocenters. The number of hydrogen-bond donors (Lipinski definition) is 2. The number of para-hydroxylation sites is 1. The molecule has 2 aromatic rings. The SMILES string of the molecule is CC(C)(C)c1csc(CCN=C(N)NC2CCOc3ccccc32)n1.I. The number of ether oxygens (including phenoxy) is 1. The molecule has 0 saturated heterocycles. The van der Waals surface area contributed by atoms with Crippen LogP contribution in [0.3, 0.4) is 0 Å². The molecule has 1 aliphatic rings. The number of aliphatic imine (C=N–C) groups is 1. The van der Waals surface area contributed by atoms with E-state index in [0.29, 0.717) is 19.1 Å². The molecule has 0 fully saturated rings. The topological polar surface area (TPSA) is 72.5 Å². The molecule has 2 heterocycles. The summed E-state index contributed by atoms with van der Waals surface area (Å²) in [5.74, 6) is 1.41. The molecule has 3 N–H and O–H groups in total. The molecule has 5 nitrogen and oxygen atoms in total. The summed E-state index contributed by atoms with van der Waals surface area (Å²) < 4.78 is 5.68. The number of hydrogen-bond acceptors (Lipinski definition) is 4. The maximum Gasteiger partial charge on any atom is 0.189 e. The fourth-order valence-electron chi connectivity index (χ4n) is 2.76. The van der Waals surface area contributed by atoms with Crippen LogP contribution in [0.15, 0.2) is 34.6 Å². The summed E-state index contributed by atoms with van der Waals surface area (Å²) in [6, 6.07) is 8.22. The molecule has 1 aromatic heterocycles. The van der Waals surface area contributed by atoms with E-state index in [0.717, 1.165) is 34.9 Å². The zero-order valence-corrected chi connectivity index (χ0v) is 18.6. The number of guanidine groups is 1. The molecular weight excluding hydrogens is 459 g/mol. The molecule has 0 spiro atoms. The van der Waals surface area contributed by atoms with Crippen molar-refractivity contribution in [3.8, 4) is 5.75 Å². The van der Waals surface area contributed by atoms with Crippen LogP contribution < -0.4 is 15.8 Å². The molecule has 3 rings (SSSR count). The van der Waals surface area contributed by atoms with Crippen LogP contribution in [0.4, 0.5) is 0 Å². The van der Waals surface area contributed by atoms with Crippen molar-refractivity contribution in [2.75, 3.05) is 13.2 Å². The maximum absolute atomic E-state index is 6.08. The van der Waals surface area contributed by atoms with Crippen LogP contribution in [-0.2, 0) is 11.8 Å². The molecule has 1 aromatic carbocycles. The Morgan fingerprint density at radius 3 is 2.88 bits per heavy atom. The lowest BCUT2D eigenvalue weighted by Gasteiger charge is -2.26. The van der Waals surface area contributed by atoms with Crippen LogP contribution >= 0.6 is 35.3 Å². The first-order valence-electron chi connectivity index (χ1n) is 8.66. The average molecular weight is 486 g/mol. The van der Waals surface area contributed by atoms with Gasteiger partial charge < -0.3 is 15.8 Å². The average Bonchev–Trinajstić information content (AvgIpc) is 3.04. The van der Waals surface area contributed by atoms with Crippen molar-refractivity contribution >= 4 is 41.3 Å². The number of rotatable bonds is 4. The summed E-state index contributed by atoms with van der Waals surface area (Å²) in [7, 11) is 0. The van der Waals surface area contributed by atoms with Gasteiger partial charge in [0, 0.05) is 35.7 Å². The molecule has 0 amide bonds. The molecule has 0 bridgehead atoms.